The SMILES string of the molecule is CC(C)N/N=C(\N)NNCC(=O)O. The van der Waals surface area contributed by atoms with E-state index in [9.17, 15) is 4.79 Å². The molecule has 0 rings (SSSR count). The Morgan fingerprint density at radius 1 is 1.62 bits per heavy atom. The molecule has 0 spiro atoms. The molecule has 0 aromatic heterocycles. The molecule has 0 amide bonds. The van der Waals surface area contributed by atoms with Crippen molar-refractivity contribution >= 4 is 11.9 Å². The van der Waals surface area contributed by atoms with Crippen LogP contribution in [0, 0.1) is 0 Å². The first kappa shape index (κ1) is 11.5. The summed E-state index contributed by atoms with van der Waals surface area (Å²) in [4.78, 5) is 10.0. The van der Waals surface area contributed by atoms with Crippen molar-refractivity contribution in [3.05, 3.63) is 0 Å². The quantitative estimate of drug-likeness (QED) is 0.202. The standard InChI is InChI=1S/C6H15N5O2/c1-4(2)9-11-6(7)10-8-3-5(12)13/h4,8-9H,3H2,1-2H3,(H,12,13)(H3,7,10,11). The maximum absolute atomic E-state index is 10.0. The molecule has 0 aromatic carbocycles. The average Bonchev–Trinajstić information content (AvgIpc) is 2.00. The van der Waals surface area contributed by atoms with E-state index in [4.69, 9.17) is 10.8 Å². The van der Waals surface area contributed by atoms with Crippen molar-refractivity contribution in [1.29, 1.82) is 0 Å². The van der Waals surface area contributed by atoms with Crippen LogP contribution in [0.5, 0.6) is 0 Å². The summed E-state index contributed by atoms with van der Waals surface area (Å²) in [5.41, 5.74) is 12.8. The summed E-state index contributed by atoms with van der Waals surface area (Å²) in [5, 5.41) is 11.9. The smallest absolute Gasteiger partial charge is 0.319 e. The van der Waals surface area contributed by atoms with E-state index in [2.05, 4.69) is 21.4 Å². The van der Waals surface area contributed by atoms with Gasteiger partial charge in [-0.2, -0.15) is 0 Å². The lowest BCUT2D eigenvalue weighted by Crippen LogP contribution is -2.45. The van der Waals surface area contributed by atoms with Crippen molar-refractivity contribution in [2.24, 2.45) is 10.8 Å². The van der Waals surface area contributed by atoms with Gasteiger partial charge in [-0.25, -0.2) is 5.43 Å². The van der Waals surface area contributed by atoms with E-state index >= 15 is 0 Å². The molecule has 0 aliphatic heterocycles. The number of nitrogens with one attached hydrogen (secondary N) is 3. The van der Waals surface area contributed by atoms with Crippen molar-refractivity contribution < 1.29 is 9.90 Å². The minimum Gasteiger partial charge on any atom is -0.480 e. The Morgan fingerprint density at radius 2 is 2.23 bits per heavy atom. The highest BCUT2D eigenvalue weighted by Crippen LogP contribution is 1.73. The van der Waals surface area contributed by atoms with Crippen LogP contribution in [0.25, 0.3) is 0 Å². The van der Waals surface area contributed by atoms with Crippen LogP contribution in [-0.2, 0) is 4.79 Å². The van der Waals surface area contributed by atoms with Gasteiger partial charge in [0.25, 0.3) is 0 Å². The van der Waals surface area contributed by atoms with Crippen molar-refractivity contribution in [3.63, 3.8) is 0 Å². The van der Waals surface area contributed by atoms with Crippen LogP contribution in [0.4, 0.5) is 0 Å². The molecule has 0 aliphatic carbocycles. The van der Waals surface area contributed by atoms with Gasteiger partial charge in [-0.05, 0) is 13.8 Å². The van der Waals surface area contributed by atoms with E-state index < -0.39 is 5.97 Å². The fraction of sp³-hybridized carbons (Fsp3) is 0.667. The Bertz CT molecular complexity index is 191. The van der Waals surface area contributed by atoms with Gasteiger partial charge >= 0.3 is 5.97 Å². The second kappa shape index (κ2) is 6.06. The van der Waals surface area contributed by atoms with Crippen LogP contribution in [0.2, 0.25) is 0 Å². The van der Waals surface area contributed by atoms with Crippen molar-refractivity contribution in [1.82, 2.24) is 16.3 Å². The number of guanidine groups is 1. The minimum atomic E-state index is -0.975. The summed E-state index contributed by atoms with van der Waals surface area (Å²) in [5.74, 6) is -0.882. The number of carboxylic acids is 1. The fourth-order valence-electron chi connectivity index (χ4n) is 0.437. The van der Waals surface area contributed by atoms with E-state index in [1.807, 2.05) is 13.8 Å². The van der Waals surface area contributed by atoms with Gasteiger partial charge in [-0.3, -0.25) is 10.2 Å². The molecule has 0 atom stereocenters. The molecule has 0 radical (unpaired) electrons. The summed E-state index contributed by atoms with van der Waals surface area (Å²) in [7, 11) is 0. The largest absolute Gasteiger partial charge is 0.480 e. The molecule has 0 saturated heterocycles. The predicted molar refractivity (Wildman–Crippen MR) is 48.7 cm³/mol. The van der Waals surface area contributed by atoms with Gasteiger partial charge < -0.3 is 16.3 Å². The third kappa shape index (κ3) is 8.41. The first-order valence-corrected chi connectivity index (χ1v) is 3.81. The molecule has 0 fully saturated rings. The van der Waals surface area contributed by atoms with Crippen molar-refractivity contribution in [2.75, 3.05) is 6.54 Å². The fourth-order valence-corrected chi connectivity index (χ4v) is 0.437. The molecule has 13 heavy (non-hydrogen) atoms. The van der Waals surface area contributed by atoms with Gasteiger partial charge in [0.15, 0.2) is 0 Å². The molecule has 0 unspecified atom stereocenters. The number of nitrogens with two attached hydrogens (primary N) is 1. The summed E-state index contributed by atoms with van der Waals surface area (Å²) in [6.45, 7) is 3.58. The number of nitrogens with zero attached hydrogens (tertiary/aromatic N) is 1. The molecule has 7 nitrogen and oxygen atoms in total. The zero-order valence-electron chi connectivity index (χ0n) is 7.66. The van der Waals surface area contributed by atoms with Crippen LogP contribution in [0.3, 0.4) is 0 Å². The van der Waals surface area contributed by atoms with E-state index in [0.29, 0.717) is 0 Å². The molecule has 0 bridgehead atoms. The number of hydrazine groups is 1. The second-order valence-electron chi connectivity index (χ2n) is 2.65. The highest BCUT2D eigenvalue weighted by Gasteiger charge is 1.95. The number of hydrogen-bond donors (Lipinski definition) is 5. The second-order valence-corrected chi connectivity index (χ2v) is 2.65. The Morgan fingerprint density at radius 3 is 2.69 bits per heavy atom. The third-order valence-electron chi connectivity index (χ3n) is 0.899. The van der Waals surface area contributed by atoms with Crippen molar-refractivity contribution in [3.8, 4) is 0 Å². The van der Waals surface area contributed by atoms with Crippen LogP contribution in [0.1, 0.15) is 13.8 Å². The first-order chi connectivity index (χ1) is 6.02. The van der Waals surface area contributed by atoms with Crippen LogP contribution in [-0.4, -0.2) is 29.6 Å². The molecular formula is C6H15N5O2. The monoisotopic (exact) mass is 189 g/mol. The van der Waals surface area contributed by atoms with Gasteiger partial charge in [-0.15, -0.1) is 5.10 Å². The van der Waals surface area contributed by atoms with Crippen molar-refractivity contribution in [2.45, 2.75) is 19.9 Å². The molecule has 0 aromatic rings. The molecule has 0 aliphatic rings. The predicted octanol–water partition coefficient (Wildman–Crippen LogP) is -1.61. The number of carbonyl (C=O) groups is 1. The Kier molecular flexibility index (Phi) is 5.37. The summed E-state index contributed by atoms with van der Waals surface area (Å²) >= 11 is 0. The maximum atomic E-state index is 10.0. The van der Waals surface area contributed by atoms with Gasteiger partial charge in [0.1, 0.15) is 6.54 Å². The third-order valence-corrected chi connectivity index (χ3v) is 0.899. The molecule has 6 N–H and O–H groups in total. The average molecular weight is 189 g/mol. The molecular weight excluding hydrogens is 174 g/mol. The van der Waals surface area contributed by atoms with Crippen LogP contribution in [0.15, 0.2) is 5.10 Å². The van der Waals surface area contributed by atoms with Crippen LogP contribution < -0.4 is 22.0 Å². The highest BCUT2D eigenvalue weighted by atomic mass is 16.4. The van der Waals surface area contributed by atoms with E-state index in [0.717, 1.165) is 0 Å². The highest BCUT2D eigenvalue weighted by molar-refractivity contribution is 5.77. The van der Waals surface area contributed by atoms with Gasteiger partial charge in [0, 0.05) is 6.04 Å². The number of rotatable bonds is 5. The number of hydrogen-bond acceptors (Lipinski definition) is 4. The molecule has 76 valence electrons. The van der Waals surface area contributed by atoms with Crippen LogP contribution >= 0.6 is 0 Å². The molecule has 0 saturated carbocycles. The lowest BCUT2D eigenvalue weighted by Gasteiger charge is -2.07. The molecule has 0 heterocycles. The zero-order chi connectivity index (χ0) is 10.3. The topological polar surface area (TPSA) is 112 Å². The Balaban J connectivity index is 3.55. The number of aliphatic carboxylic acids is 1. The van der Waals surface area contributed by atoms with Gasteiger partial charge in [-0.1, -0.05) is 0 Å². The van der Waals surface area contributed by atoms with Gasteiger partial charge in [0.05, 0.1) is 0 Å². The summed E-state index contributed by atoms with van der Waals surface area (Å²) in [6.07, 6.45) is 0. The first-order valence-electron chi connectivity index (χ1n) is 3.81. The molecule has 7 heteroatoms. The summed E-state index contributed by atoms with van der Waals surface area (Å²) in [6, 6.07) is 0.180. The number of carboxylic acid groups (broad SMARTS) is 1. The minimum absolute atomic E-state index is 0.0925. The Hall–Kier alpha value is -1.50. The maximum Gasteiger partial charge on any atom is 0.319 e. The normalized spacial score (nSPS) is 11.5. The summed E-state index contributed by atoms with van der Waals surface area (Å²) < 4.78 is 0. The zero-order valence-corrected chi connectivity index (χ0v) is 7.66. The van der Waals surface area contributed by atoms with E-state index in [1.165, 1.54) is 0 Å². The van der Waals surface area contributed by atoms with Gasteiger partial charge in [0.2, 0.25) is 5.96 Å². The lowest BCUT2D eigenvalue weighted by atomic mass is 10.4. The lowest BCUT2D eigenvalue weighted by molar-refractivity contribution is -0.136. The number of hydrazone groups is 1. The Labute approximate surface area is 76.3 Å². The van der Waals surface area contributed by atoms with E-state index in [1.54, 1.807) is 0 Å². The van der Waals surface area contributed by atoms with E-state index in [-0.39, 0.29) is 18.5 Å².